The Morgan fingerprint density at radius 1 is 1.29 bits per heavy atom. The molecule has 1 aromatic heterocycles. The summed E-state index contributed by atoms with van der Waals surface area (Å²) in [5.74, 6) is -2.03. The molecule has 0 saturated carbocycles. The van der Waals surface area contributed by atoms with Crippen molar-refractivity contribution in [3.05, 3.63) is 35.7 Å². The van der Waals surface area contributed by atoms with Gasteiger partial charge >= 0.3 is 12.1 Å². The van der Waals surface area contributed by atoms with E-state index in [4.69, 9.17) is 0 Å². The van der Waals surface area contributed by atoms with Crippen LogP contribution in [0.15, 0.2) is 33.2 Å². The summed E-state index contributed by atoms with van der Waals surface area (Å²) in [6.45, 7) is 1.83. The van der Waals surface area contributed by atoms with Crippen LogP contribution in [-0.2, 0) is 15.9 Å². The van der Waals surface area contributed by atoms with Gasteiger partial charge in [0.05, 0.1) is 9.73 Å². The summed E-state index contributed by atoms with van der Waals surface area (Å²) in [7, 11) is -2.59. The third-order valence-electron chi connectivity index (χ3n) is 2.92. The minimum Gasteiger partial charge on any atom is -0.329 e. The summed E-state index contributed by atoms with van der Waals surface area (Å²) in [6.07, 6.45) is -2.69. The van der Waals surface area contributed by atoms with Gasteiger partial charge in [-0.3, -0.25) is 4.79 Å². The van der Waals surface area contributed by atoms with Crippen LogP contribution >= 0.6 is 0 Å². The van der Waals surface area contributed by atoms with Crippen molar-refractivity contribution in [2.75, 3.05) is 12.0 Å². The van der Waals surface area contributed by atoms with Gasteiger partial charge in [-0.25, -0.2) is 4.21 Å². The molecule has 6 nitrogen and oxygen atoms in total. The second kappa shape index (κ2) is 6.71. The zero-order valence-electron chi connectivity index (χ0n) is 12.8. The molecule has 1 aromatic carbocycles. The van der Waals surface area contributed by atoms with E-state index >= 15 is 0 Å². The maximum Gasteiger partial charge on any atom is 0.471 e. The number of aromatic nitrogens is 2. The van der Waals surface area contributed by atoms with E-state index < -0.39 is 27.7 Å². The Morgan fingerprint density at radius 2 is 1.92 bits per heavy atom. The third-order valence-corrected chi connectivity index (χ3v) is 4.64. The number of hydrogen-bond acceptors (Lipinski definition) is 5. The summed E-state index contributed by atoms with van der Waals surface area (Å²) < 4.78 is 57.2. The van der Waals surface area contributed by atoms with Crippen molar-refractivity contribution in [2.24, 2.45) is 4.36 Å². The van der Waals surface area contributed by atoms with E-state index in [1.165, 1.54) is 30.5 Å². The second-order valence-electron chi connectivity index (χ2n) is 5.06. The molecule has 0 N–H and O–H groups in total. The Hall–Kier alpha value is -2.23. The minimum absolute atomic E-state index is 0.170. The van der Waals surface area contributed by atoms with E-state index in [1.54, 1.807) is 0 Å². The number of carbonyl (C=O) groups excluding carboxylic acids is 1. The molecule has 1 atom stereocenters. The maximum atomic E-state index is 12.4. The molecule has 130 valence electrons. The number of amides is 1. The molecule has 0 aliphatic carbocycles. The molecule has 0 aliphatic heterocycles. The Balaban J connectivity index is 2.24. The SMILES string of the molecule is CCCS(C)(=O)=NC(=O)c1ccc(-c2noc(C(F)(F)F)n2)cc1. The summed E-state index contributed by atoms with van der Waals surface area (Å²) in [4.78, 5) is 15.2. The first kappa shape index (κ1) is 18.1. The van der Waals surface area contributed by atoms with Crippen LogP contribution in [0.5, 0.6) is 0 Å². The van der Waals surface area contributed by atoms with Gasteiger partial charge in [0.15, 0.2) is 0 Å². The first-order chi connectivity index (χ1) is 11.1. The normalized spacial score (nSPS) is 14.2. The second-order valence-corrected chi connectivity index (χ2v) is 7.57. The molecular weight excluding hydrogens is 347 g/mol. The lowest BCUT2D eigenvalue weighted by molar-refractivity contribution is -0.159. The highest BCUT2D eigenvalue weighted by molar-refractivity contribution is 7.93. The van der Waals surface area contributed by atoms with Crippen LogP contribution in [0.25, 0.3) is 11.4 Å². The van der Waals surface area contributed by atoms with Crippen LogP contribution in [0.1, 0.15) is 29.6 Å². The van der Waals surface area contributed by atoms with Crippen LogP contribution in [0.4, 0.5) is 13.2 Å². The van der Waals surface area contributed by atoms with Crippen molar-refractivity contribution in [3.63, 3.8) is 0 Å². The molecule has 1 unspecified atom stereocenters. The van der Waals surface area contributed by atoms with Crippen molar-refractivity contribution >= 4 is 15.6 Å². The van der Waals surface area contributed by atoms with E-state index in [2.05, 4.69) is 19.0 Å². The van der Waals surface area contributed by atoms with Gasteiger partial charge in [-0.15, -0.1) is 0 Å². The zero-order valence-corrected chi connectivity index (χ0v) is 13.6. The first-order valence-corrected chi connectivity index (χ1v) is 8.97. The molecule has 0 radical (unpaired) electrons. The fourth-order valence-corrected chi connectivity index (χ4v) is 3.18. The van der Waals surface area contributed by atoms with E-state index in [-0.39, 0.29) is 17.0 Å². The number of rotatable bonds is 4. The highest BCUT2D eigenvalue weighted by Gasteiger charge is 2.38. The molecule has 0 saturated heterocycles. The highest BCUT2D eigenvalue weighted by atomic mass is 32.2. The molecule has 2 aromatic rings. The van der Waals surface area contributed by atoms with E-state index in [0.29, 0.717) is 12.2 Å². The van der Waals surface area contributed by atoms with Crippen LogP contribution < -0.4 is 0 Å². The number of carbonyl (C=O) groups is 1. The average Bonchev–Trinajstić information content (AvgIpc) is 2.96. The van der Waals surface area contributed by atoms with Gasteiger partial charge in [-0.1, -0.05) is 24.2 Å². The topological polar surface area (TPSA) is 85.4 Å². The molecule has 10 heteroatoms. The number of nitrogens with zero attached hydrogens (tertiary/aromatic N) is 3. The summed E-state index contributed by atoms with van der Waals surface area (Å²) in [6, 6.07) is 5.44. The van der Waals surface area contributed by atoms with Gasteiger partial charge in [0.2, 0.25) is 5.82 Å². The maximum absolute atomic E-state index is 12.4. The summed E-state index contributed by atoms with van der Waals surface area (Å²) in [5.41, 5.74) is 0.417. The number of halogens is 3. The minimum atomic E-state index is -4.72. The Labute approximate surface area is 136 Å². The predicted molar refractivity (Wildman–Crippen MR) is 80.7 cm³/mol. The van der Waals surface area contributed by atoms with Crippen LogP contribution in [0.2, 0.25) is 0 Å². The molecule has 0 aliphatic rings. The van der Waals surface area contributed by atoms with Crippen molar-refractivity contribution in [1.29, 1.82) is 0 Å². The van der Waals surface area contributed by atoms with Crippen molar-refractivity contribution in [3.8, 4) is 11.4 Å². The molecular formula is C14H14F3N3O3S. The fraction of sp³-hybridized carbons (Fsp3) is 0.357. The van der Waals surface area contributed by atoms with Gasteiger partial charge in [0.25, 0.3) is 5.91 Å². The lowest BCUT2D eigenvalue weighted by Gasteiger charge is -2.02. The molecule has 0 bridgehead atoms. The molecule has 0 spiro atoms. The van der Waals surface area contributed by atoms with Gasteiger partial charge < -0.3 is 4.52 Å². The molecule has 1 heterocycles. The zero-order chi connectivity index (χ0) is 18.0. The highest BCUT2D eigenvalue weighted by Crippen LogP contribution is 2.29. The number of alkyl halides is 3. The van der Waals surface area contributed by atoms with Gasteiger partial charge in [0.1, 0.15) is 0 Å². The van der Waals surface area contributed by atoms with Crippen molar-refractivity contribution in [1.82, 2.24) is 10.1 Å². The molecule has 1 amide bonds. The molecule has 0 fully saturated rings. The quantitative estimate of drug-likeness (QED) is 0.833. The standard InChI is InChI=1S/C14H14F3N3O3S/c1-3-8-24(2,22)20-12(21)10-6-4-9(5-7-10)11-18-13(23-19-11)14(15,16)17/h4-7H,3,8H2,1-2H3. The number of benzene rings is 1. The smallest absolute Gasteiger partial charge is 0.329 e. The van der Waals surface area contributed by atoms with E-state index in [9.17, 15) is 22.2 Å². The summed E-state index contributed by atoms with van der Waals surface area (Å²) >= 11 is 0. The Morgan fingerprint density at radius 3 is 2.42 bits per heavy atom. The third kappa shape index (κ3) is 4.40. The van der Waals surface area contributed by atoms with Gasteiger partial charge in [-0.2, -0.15) is 22.5 Å². The van der Waals surface area contributed by atoms with Crippen LogP contribution in [0, 0.1) is 0 Å². The fourth-order valence-electron chi connectivity index (χ4n) is 1.87. The predicted octanol–water partition coefficient (Wildman–Crippen LogP) is 3.40. The molecule has 2 rings (SSSR count). The van der Waals surface area contributed by atoms with Crippen molar-refractivity contribution < 1.29 is 26.7 Å². The van der Waals surface area contributed by atoms with Gasteiger partial charge in [0, 0.05) is 23.1 Å². The monoisotopic (exact) mass is 361 g/mol. The number of hydrogen-bond donors (Lipinski definition) is 0. The van der Waals surface area contributed by atoms with E-state index in [1.807, 2.05) is 6.92 Å². The van der Waals surface area contributed by atoms with Crippen molar-refractivity contribution in [2.45, 2.75) is 19.5 Å². The average molecular weight is 361 g/mol. The van der Waals surface area contributed by atoms with Crippen LogP contribution in [-0.4, -0.2) is 32.3 Å². The lowest BCUT2D eigenvalue weighted by Crippen LogP contribution is -2.06. The van der Waals surface area contributed by atoms with Crippen LogP contribution in [0.3, 0.4) is 0 Å². The Bertz CT molecular complexity index is 850. The van der Waals surface area contributed by atoms with Gasteiger partial charge in [-0.05, 0) is 18.6 Å². The largest absolute Gasteiger partial charge is 0.471 e. The lowest BCUT2D eigenvalue weighted by atomic mass is 10.1. The Kier molecular flexibility index (Phi) is 5.07. The first-order valence-electron chi connectivity index (χ1n) is 6.88. The summed E-state index contributed by atoms with van der Waals surface area (Å²) in [5, 5.41) is 3.25. The molecule has 24 heavy (non-hydrogen) atoms. The van der Waals surface area contributed by atoms with E-state index in [0.717, 1.165) is 0 Å².